The number of rotatable bonds is 0. The number of nitrogens with zero attached hydrogens (tertiary/aromatic N) is 1. The van der Waals surface area contributed by atoms with Gasteiger partial charge in [0.25, 0.3) is 0 Å². The van der Waals surface area contributed by atoms with Crippen molar-refractivity contribution < 1.29 is 4.74 Å². The zero-order chi connectivity index (χ0) is 6.69. The van der Waals surface area contributed by atoms with Crippen LogP contribution in [0.15, 0.2) is 0 Å². The molecule has 1 N–H and O–H groups in total. The second-order valence-electron chi connectivity index (χ2n) is 2.23. The first-order valence-corrected chi connectivity index (χ1v) is 3.17. The molecule has 1 fully saturated rings. The summed E-state index contributed by atoms with van der Waals surface area (Å²) >= 11 is 0. The highest BCUT2D eigenvalue weighted by molar-refractivity contribution is 5.79. The number of nitrogens with one attached hydrogen (secondary N) is 1. The van der Waals surface area contributed by atoms with Gasteiger partial charge in [0, 0.05) is 20.0 Å². The highest BCUT2D eigenvalue weighted by atomic mass is 16.5. The lowest BCUT2D eigenvalue weighted by atomic mass is 10.4. The summed E-state index contributed by atoms with van der Waals surface area (Å²) < 4.78 is 5.15. The predicted octanol–water partition coefficient (Wildman–Crippen LogP) is 0.316. The van der Waals surface area contributed by atoms with E-state index in [1.165, 1.54) is 0 Å². The Balaban J connectivity index is 2.41. The van der Waals surface area contributed by atoms with Crippen molar-refractivity contribution in [3.63, 3.8) is 0 Å². The van der Waals surface area contributed by atoms with E-state index in [1.54, 1.807) is 0 Å². The summed E-state index contributed by atoms with van der Waals surface area (Å²) in [6.45, 7) is 2.33. The van der Waals surface area contributed by atoms with Gasteiger partial charge in [-0.15, -0.1) is 0 Å². The smallest absolute Gasteiger partial charge is 0.0979 e. The molecule has 1 aliphatic rings. The van der Waals surface area contributed by atoms with Gasteiger partial charge >= 0.3 is 0 Å². The molecule has 0 unspecified atom stereocenters. The summed E-state index contributed by atoms with van der Waals surface area (Å²) in [5.74, 6) is 0.688. The van der Waals surface area contributed by atoms with Crippen molar-refractivity contribution in [2.75, 3.05) is 26.8 Å². The van der Waals surface area contributed by atoms with Crippen molar-refractivity contribution in [3.05, 3.63) is 0 Å². The van der Waals surface area contributed by atoms with Crippen LogP contribution in [0.25, 0.3) is 0 Å². The maximum Gasteiger partial charge on any atom is 0.0979 e. The first kappa shape index (κ1) is 6.55. The number of likely N-dealkylation sites (N-methyl/N-ethyl adjacent to an activating group) is 1. The Bertz CT molecular complexity index is 114. The molecule has 0 radical (unpaired) electrons. The van der Waals surface area contributed by atoms with Gasteiger partial charge in [0.2, 0.25) is 0 Å². The van der Waals surface area contributed by atoms with Crippen LogP contribution in [0.4, 0.5) is 0 Å². The van der Waals surface area contributed by atoms with Crippen LogP contribution < -0.4 is 0 Å². The molecule has 0 bridgehead atoms. The number of amidine groups is 1. The summed E-state index contributed by atoms with van der Waals surface area (Å²) in [5.41, 5.74) is 0. The zero-order valence-electron chi connectivity index (χ0n) is 5.68. The standard InChI is InChI=1S/C6H12N2O/c1-8-3-5-9-4-2-6(8)7/h7H,2-5H2,1H3. The molecule has 1 aliphatic heterocycles. The lowest BCUT2D eigenvalue weighted by Crippen LogP contribution is -2.26. The Hall–Kier alpha value is -0.570. The fraction of sp³-hybridized carbons (Fsp3) is 0.833. The molecule has 0 saturated carbocycles. The number of hydrogen-bond acceptors (Lipinski definition) is 2. The van der Waals surface area contributed by atoms with Gasteiger partial charge < -0.3 is 9.64 Å². The largest absolute Gasteiger partial charge is 0.379 e. The van der Waals surface area contributed by atoms with Gasteiger partial charge in [-0.3, -0.25) is 5.41 Å². The number of hydrogen-bond donors (Lipinski definition) is 1. The maximum absolute atomic E-state index is 7.38. The lowest BCUT2D eigenvalue weighted by molar-refractivity contribution is 0.144. The van der Waals surface area contributed by atoms with Crippen LogP contribution in [0.1, 0.15) is 6.42 Å². The predicted molar refractivity (Wildman–Crippen MR) is 35.8 cm³/mol. The van der Waals surface area contributed by atoms with E-state index in [-0.39, 0.29) is 0 Å². The fourth-order valence-electron chi connectivity index (χ4n) is 0.798. The van der Waals surface area contributed by atoms with Gasteiger partial charge in [0.15, 0.2) is 0 Å². The van der Waals surface area contributed by atoms with Gasteiger partial charge in [0.1, 0.15) is 0 Å². The van der Waals surface area contributed by atoms with Crippen molar-refractivity contribution in [1.82, 2.24) is 4.90 Å². The summed E-state index contributed by atoms with van der Waals surface area (Å²) in [5, 5.41) is 7.38. The molecule has 0 aromatic rings. The minimum Gasteiger partial charge on any atom is -0.379 e. The monoisotopic (exact) mass is 128 g/mol. The Morgan fingerprint density at radius 2 is 2.33 bits per heavy atom. The molecule has 0 aromatic carbocycles. The third-order valence-electron chi connectivity index (χ3n) is 1.52. The molecule has 1 heterocycles. The molecule has 0 amide bonds. The first-order valence-electron chi connectivity index (χ1n) is 3.17. The Kier molecular flexibility index (Phi) is 2.05. The van der Waals surface area contributed by atoms with E-state index in [0.29, 0.717) is 12.4 Å². The SMILES string of the molecule is CN1CCOCCC1=N. The van der Waals surface area contributed by atoms with Crippen LogP contribution in [0.2, 0.25) is 0 Å². The van der Waals surface area contributed by atoms with E-state index in [1.807, 2.05) is 11.9 Å². The second-order valence-corrected chi connectivity index (χ2v) is 2.23. The summed E-state index contributed by atoms with van der Waals surface area (Å²) in [7, 11) is 1.93. The zero-order valence-corrected chi connectivity index (χ0v) is 5.68. The summed E-state index contributed by atoms with van der Waals surface area (Å²) in [6.07, 6.45) is 0.760. The highest BCUT2D eigenvalue weighted by Gasteiger charge is 2.07. The topological polar surface area (TPSA) is 36.3 Å². The molecular weight excluding hydrogens is 116 g/mol. The van der Waals surface area contributed by atoms with Crippen LogP contribution in [-0.2, 0) is 4.74 Å². The maximum atomic E-state index is 7.38. The van der Waals surface area contributed by atoms with Gasteiger partial charge in [0.05, 0.1) is 19.0 Å². The van der Waals surface area contributed by atoms with E-state index in [2.05, 4.69) is 0 Å². The van der Waals surface area contributed by atoms with Crippen molar-refractivity contribution in [2.45, 2.75) is 6.42 Å². The minimum atomic E-state index is 0.688. The Morgan fingerprint density at radius 1 is 1.56 bits per heavy atom. The van der Waals surface area contributed by atoms with Crippen molar-refractivity contribution in [3.8, 4) is 0 Å². The summed E-state index contributed by atoms with van der Waals surface area (Å²) in [6, 6.07) is 0. The molecular formula is C6H12N2O. The van der Waals surface area contributed by atoms with Crippen molar-refractivity contribution >= 4 is 5.84 Å². The molecule has 0 aliphatic carbocycles. The molecule has 0 aromatic heterocycles. The van der Waals surface area contributed by atoms with Crippen molar-refractivity contribution in [1.29, 1.82) is 5.41 Å². The molecule has 0 atom stereocenters. The summed E-state index contributed by atoms with van der Waals surface area (Å²) in [4.78, 5) is 1.92. The van der Waals surface area contributed by atoms with E-state index >= 15 is 0 Å². The van der Waals surface area contributed by atoms with Gasteiger partial charge in [-0.2, -0.15) is 0 Å². The Labute approximate surface area is 55.1 Å². The third kappa shape index (κ3) is 1.68. The van der Waals surface area contributed by atoms with Crippen LogP contribution in [0, 0.1) is 5.41 Å². The van der Waals surface area contributed by atoms with E-state index in [9.17, 15) is 0 Å². The quantitative estimate of drug-likeness (QED) is 0.510. The highest BCUT2D eigenvalue weighted by Crippen LogP contribution is 1.96. The average Bonchev–Trinajstić information content (AvgIpc) is 1.99. The molecule has 3 nitrogen and oxygen atoms in total. The molecule has 0 spiro atoms. The van der Waals surface area contributed by atoms with E-state index < -0.39 is 0 Å². The van der Waals surface area contributed by atoms with Gasteiger partial charge in [-0.25, -0.2) is 0 Å². The number of ether oxygens (including phenoxy) is 1. The molecule has 1 rings (SSSR count). The minimum absolute atomic E-state index is 0.688. The molecule has 3 heteroatoms. The third-order valence-corrected chi connectivity index (χ3v) is 1.52. The van der Waals surface area contributed by atoms with Gasteiger partial charge in [-0.05, 0) is 0 Å². The molecule has 1 saturated heterocycles. The normalized spacial score (nSPS) is 21.9. The van der Waals surface area contributed by atoms with Crippen LogP contribution in [0.5, 0.6) is 0 Å². The first-order chi connectivity index (χ1) is 4.30. The van der Waals surface area contributed by atoms with Crippen LogP contribution in [-0.4, -0.2) is 37.5 Å². The van der Waals surface area contributed by atoms with Crippen molar-refractivity contribution in [2.24, 2.45) is 0 Å². The second kappa shape index (κ2) is 2.82. The van der Waals surface area contributed by atoms with Gasteiger partial charge in [-0.1, -0.05) is 0 Å². The molecule has 52 valence electrons. The van der Waals surface area contributed by atoms with Crippen LogP contribution in [0.3, 0.4) is 0 Å². The lowest BCUT2D eigenvalue weighted by Gasteiger charge is -2.14. The fourth-order valence-corrected chi connectivity index (χ4v) is 0.798. The molecule has 9 heavy (non-hydrogen) atoms. The van der Waals surface area contributed by atoms with E-state index in [0.717, 1.165) is 19.6 Å². The van der Waals surface area contributed by atoms with Crippen LogP contribution >= 0.6 is 0 Å². The van der Waals surface area contributed by atoms with E-state index in [4.69, 9.17) is 10.1 Å². The Morgan fingerprint density at radius 3 is 3.11 bits per heavy atom. The average molecular weight is 128 g/mol.